The Hall–Kier alpha value is 2.39. The molecule has 0 amide bonds. The summed E-state index contributed by atoms with van der Waals surface area (Å²) in [5, 5.41) is 0. The summed E-state index contributed by atoms with van der Waals surface area (Å²) < 4.78 is 8.38. The summed E-state index contributed by atoms with van der Waals surface area (Å²) in [5.41, 5.74) is -0.246. The third kappa shape index (κ3) is 4.75. The molecule has 6 heteroatoms. The fourth-order valence-electron chi connectivity index (χ4n) is 0.458. The zero-order valence-corrected chi connectivity index (χ0v) is 14.8. The first-order chi connectivity index (χ1) is 5.64. The highest BCUT2D eigenvalue weighted by Gasteiger charge is 2.30. The summed E-state index contributed by atoms with van der Waals surface area (Å²) in [6.45, 7) is 0. The summed E-state index contributed by atoms with van der Waals surface area (Å²) in [6, 6.07) is 0. The number of hydrogen-bond donors (Lipinski definition) is 0. The lowest BCUT2D eigenvalue weighted by Crippen LogP contribution is -2.40. The van der Waals surface area contributed by atoms with Crippen LogP contribution in [-0.4, -0.2) is 29.3 Å². The largest absolute Gasteiger partial charge is 0.456 e. The minimum Gasteiger partial charge on any atom is -0.456 e. The van der Waals surface area contributed by atoms with E-state index in [1.165, 1.54) is 0 Å². The van der Waals surface area contributed by atoms with Crippen LogP contribution in [0, 0.1) is 0 Å². The number of ether oxygens (including phenoxy) is 1. The molecule has 0 aliphatic heterocycles. The Kier molecular flexibility index (Phi) is 9.18. The van der Waals surface area contributed by atoms with Gasteiger partial charge in [-0.1, -0.05) is 90.4 Å². The van der Waals surface area contributed by atoms with Gasteiger partial charge in [-0.3, -0.25) is 4.79 Å². The van der Waals surface area contributed by atoms with Crippen molar-refractivity contribution in [2.24, 2.45) is 0 Å². The first-order valence-electron chi connectivity index (χ1n) is 3.10. The van der Waals surface area contributed by atoms with Crippen molar-refractivity contribution in [2.45, 2.75) is 5.60 Å². The van der Waals surface area contributed by atoms with Gasteiger partial charge in [0.2, 0.25) is 0 Å². The Morgan fingerprint density at radius 3 is 1.75 bits per heavy atom. The van der Waals surface area contributed by atoms with E-state index in [9.17, 15) is 4.79 Å². The molecule has 0 aliphatic carbocycles. The van der Waals surface area contributed by atoms with E-state index in [0.29, 0.717) is 4.43 Å². The summed E-state index contributed by atoms with van der Waals surface area (Å²) in [5.74, 6) is -0.111. The lowest BCUT2D eigenvalue weighted by atomic mass is 10.2. The Morgan fingerprint density at radius 1 is 1.08 bits per heavy atom. The van der Waals surface area contributed by atoms with Gasteiger partial charge in [-0.2, -0.15) is 0 Å². The number of halogens is 4. The molecule has 0 atom stereocenters. The molecule has 0 unspecified atom stereocenters. The summed E-state index contributed by atoms with van der Waals surface area (Å²) in [6.07, 6.45) is 0. The lowest BCUT2D eigenvalue weighted by molar-refractivity contribution is -0.149. The highest BCUT2D eigenvalue weighted by molar-refractivity contribution is 14.1. The highest BCUT2D eigenvalue weighted by Crippen LogP contribution is 2.21. The minimum atomic E-state index is -0.246. The fourth-order valence-corrected chi connectivity index (χ4v) is 5.79. The number of hydrogen-bond acceptors (Lipinski definition) is 2. The molecule has 0 fully saturated rings. The van der Waals surface area contributed by atoms with E-state index < -0.39 is 0 Å². The molecule has 0 N–H and O–H groups in total. The van der Waals surface area contributed by atoms with Gasteiger partial charge in [-0.25, -0.2) is 0 Å². The van der Waals surface area contributed by atoms with Gasteiger partial charge < -0.3 is 4.74 Å². The van der Waals surface area contributed by atoms with Gasteiger partial charge in [0.1, 0.15) is 5.60 Å². The molecule has 0 aromatic rings. The Labute approximate surface area is 127 Å². The van der Waals surface area contributed by atoms with Gasteiger partial charge in [0.05, 0.1) is 4.43 Å². The summed E-state index contributed by atoms with van der Waals surface area (Å²) in [7, 11) is 0. The van der Waals surface area contributed by atoms with Gasteiger partial charge in [-0.15, -0.1) is 0 Å². The third-order valence-corrected chi connectivity index (χ3v) is 5.96. The molecule has 12 heavy (non-hydrogen) atoms. The fraction of sp³-hybridized carbons (Fsp3) is 0.833. The molecule has 72 valence electrons. The van der Waals surface area contributed by atoms with Gasteiger partial charge in [0.25, 0.3) is 0 Å². The van der Waals surface area contributed by atoms with E-state index in [1.54, 1.807) is 0 Å². The molecule has 0 aliphatic rings. The predicted octanol–water partition coefficient (Wildman–Crippen LogP) is 3.01. The maximum Gasteiger partial charge on any atom is 0.316 e. The molecule has 0 spiro atoms. The van der Waals surface area contributed by atoms with Crippen molar-refractivity contribution in [2.75, 3.05) is 17.7 Å². The third-order valence-electron chi connectivity index (χ3n) is 1.17. The predicted molar refractivity (Wildman–Crippen MR) is 84.4 cm³/mol. The van der Waals surface area contributed by atoms with Crippen molar-refractivity contribution in [3.8, 4) is 0 Å². The Morgan fingerprint density at radius 2 is 1.50 bits per heavy atom. The molecule has 2 nitrogen and oxygen atoms in total. The van der Waals surface area contributed by atoms with Crippen LogP contribution >= 0.6 is 90.4 Å². The zero-order chi connectivity index (χ0) is 9.61. The normalized spacial score (nSPS) is 11.3. The highest BCUT2D eigenvalue weighted by atomic mass is 127. The zero-order valence-electron chi connectivity index (χ0n) is 6.16. The topological polar surface area (TPSA) is 26.3 Å². The van der Waals surface area contributed by atoms with E-state index in [0.717, 1.165) is 13.3 Å². The monoisotopic (exact) mass is 620 g/mol. The van der Waals surface area contributed by atoms with Crippen LogP contribution in [0.2, 0.25) is 0 Å². The van der Waals surface area contributed by atoms with Crippen molar-refractivity contribution in [1.82, 2.24) is 0 Å². The molecule has 0 saturated carbocycles. The second-order valence-corrected chi connectivity index (χ2v) is 5.24. The average Bonchev–Trinajstić information content (AvgIpc) is 2.14. The average molecular weight is 620 g/mol. The smallest absolute Gasteiger partial charge is 0.316 e. The maximum absolute atomic E-state index is 11.1. The number of rotatable bonds is 5. The number of alkyl halides is 4. The molecular weight excluding hydrogens is 612 g/mol. The molecule has 0 radical (unpaired) electrons. The molecule has 0 aromatic carbocycles. The van der Waals surface area contributed by atoms with Crippen LogP contribution in [0.25, 0.3) is 0 Å². The van der Waals surface area contributed by atoms with Crippen LogP contribution in [0.4, 0.5) is 0 Å². The summed E-state index contributed by atoms with van der Waals surface area (Å²) in [4.78, 5) is 11.1. The van der Waals surface area contributed by atoms with E-state index in [4.69, 9.17) is 4.74 Å². The van der Waals surface area contributed by atoms with Gasteiger partial charge in [-0.05, 0) is 0 Å². The van der Waals surface area contributed by atoms with Crippen molar-refractivity contribution in [3.05, 3.63) is 0 Å². The molecular formula is C6H8I4O2. The van der Waals surface area contributed by atoms with Gasteiger partial charge in [0, 0.05) is 13.3 Å². The molecule has 0 rings (SSSR count). The maximum atomic E-state index is 11.1. The van der Waals surface area contributed by atoms with Crippen LogP contribution in [0.5, 0.6) is 0 Å². The van der Waals surface area contributed by atoms with Gasteiger partial charge >= 0.3 is 5.97 Å². The molecule has 0 aromatic heterocycles. The van der Waals surface area contributed by atoms with Crippen LogP contribution in [0.15, 0.2) is 0 Å². The standard InChI is InChI=1S/C6H8I4O2/c7-1-5(11)12-6(2-8,3-9)4-10/h1-4H2. The quantitative estimate of drug-likeness (QED) is 0.269. The number of esters is 1. The summed E-state index contributed by atoms with van der Waals surface area (Å²) >= 11 is 8.81. The van der Waals surface area contributed by atoms with Crippen molar-refractivity contribution in [3.63, 3.8) is 0 Å². The van der Waals surface area contributed by atoms with Crippen LogP contribution in [-0.2, 0) is 9.53 Å². The van der Waals surface area contributed by atoms with Crippen LogP contribution in [0.3, 0.4) is 0 Å². The van der Waals surface area contributed by atoms with E-state index in [1.807, 2.05) is 22.6 Å². The number of carbonyl (C=O) groups is 1. The van der Waals surface area contributed by atoms with Crippen LogP contribution in [0.1, 0.15) is 0 Å². The van der Waals surface area contributed by atoms with E-state index >= 15 is 0 Å². The minimum absolute atomic E-state index is 0.111. The molecule has 0 saturated heterocycles. The van der Waals surface area contributed by atoms with Crippen molar-refractivity contribution in [1.29, 1.82) is 0 Å². The number of carbonyl (C=O) groups excluding carboxylic acids is 1. The first kappa shape index (κ1) is 14.4. The van der Waals surface area contributed by atoms with Crippen molar-refractivity contribution < 1.29 is 9.53 Å². The molecule has 0 heterocycles. The van der Waals surface area contributed by atoms with E-state index in [2.05, 4.69) is 67.8 Å². The second-order valence-electron chi connectivity index (χ2n) is 2.19. The Balaban J connectivity index is 4.19. The van der Waals surface area contributed by atoms with Gasteiger partial charge in [0.15, 0.2) is 0 Å². The molecule has 0 bridgehead atoms. The van der Waals surface area contributed by atoms with Crippen LogP contribution < -0.4 is 0 Å². The second kappa shape index (κ2) is 7.65. The SMILES string of the molecule is O=C(CI)OC(CI)(CI)CI. The first-order valence-corrected chi connectivity index (χ1v) is 9.20. The lowest BCUT2D eigenvalue weighted by Gasteiger charge is -2.27. The van der Waals surface area contributed by atoms with Crippen molar-refractivity contribution >= 4 is 96.3 Å². The van der Waals surface area contributed by atoms with E-state index in [-0.39, 0.29) is 11.6 Å². The Bertz CT molecular complexity index is 138.